The van der Waals surface area contributed by atoms with Gasteiger partial charge >= 0.3 is 23.8 Å². The molecule has 0 unspecified atom stereocenters. The van der Waals surface area contributed by atoms with Gasteiger partial charge < -0.3 is 20.1 Å². The van der Waals surface area contributed by atoms with E-state index in [1.807, 2.05) is 4.90 Å². The molecular formula is C36H32ClF5N8O3. The molecule has 2 N–H and O–H groups in total. The number of aryl methyl sites for hydroxylation is 1. The number of alkyl halides is 3. The van der Waals surface area contributed by atoms with Gasteiger partial charge in [0.1, 0.15) is 17.3 Å². The maximum Gasteiger partial charge on any atom is 0.471 e. The molecule has 4 heterocycles. The van der Waals surface area contributed by atoms with Crippen LogP contribution in [-0.4, -0.2) is 56.8 Å². The summed E-state index contributed by atoms with van der Waals surface area (Å²) < 4.78 is 73.4. The van der Waals surface area contributed by atoms with E-state index >= 15 is 8.78 Å². The lowest BCUT2D eigenvalue weighted by atomic mass is 9.98. The number of amides is 3. The van der Waals surface area contributed by atoms with Crippen LogP contribution in [0.2, 0.25) is 5.02 Å². The third-order valence-electron chi connectivity index (χ3n) is 9.49. The number of hydrogen-bond donors (Lipinski definition) is 2. The Morgan fingerprint density at radius 2 is 1.70 bits per heavy atom. The van der Waals surface area contributed by atoms with Gasteiger partial charge in [-0.15, -0.1) is 0 Å². The molecule has 0 aliphatic carbocycles. The topological polar surface area (TPSA) is 119 Å². The number of carbonyl (C=O) groups is 2. The number of fused-ring (bicyclic) bond motifs is 2. The number of imidazole rings is 1. The summed E-state index contributed by atoms with van der Waals surface area (Å²) in [4.78, 5) is 54.6. The zero-order chi connectivity index (χ0) is 37.9. The fourth-order valence-electron chi connectivity index (χ4n) is 7.01. The van der Waals surface area contributed by atoms with Gasteiger partial charge in [0.15, 0.2) is 5.82 Å². The van der Waals surface area contributed by atoms with Gasteiger partial charge in [-0.2, -0.15) is 18.2 Å². The number of carbonyl (C=O) groups excluding carboxylic acids is 2. The highest BCUT2D eigenvalue weighted by Crippen LogP contribution is 2.41. The van der Waals surface area contributed by atoms with Crippen molar-refractivity contribution >= 4 is 57.7 Å². The highest BCUT2D eigenvalue weighted by Gasteiger charge is 2.44. The van der Waals surface area contributed by atoms with Crippen molar-refractivity contribution in [2.75, 3.05) is 27.8 Å². The molecule has 2 aliphatic heterocycles. The average molecular weight is 755 g/mol. The summed E-state index contributed by atoms with van der Waals surface area (Å²) in [5, 5.41) is 3.09. The summed E-state index contributed by atoms with van der Waals surface area (Å²) in [7, 11) is 0. The summed E-state index contributed by atoms with van der Waals surface area (Å²) in [5.41, 5.74) is 1.55. The molecule has 7 rings (SSSR count). The Morgan fingerprint density at radius 1 is 1.00 bits per heavy atom. The molecule has 1 saturated heterocycles. The van der Waals surface area contributed by atoms with Crippen LogP contribution in [0.25, 0.3) is 22.3 Å². The number of aromatic amines is 1. The van der Waals surface area contributed by atoms with Gasteiger partial charge in [-0.05, 0) is 81.6 Å². The number of urea groups is 1. The number of piperidine rings is 1. The number of halogens is 6. The smallest absolute Gasteiger partial charge is 0.341 e. The first-order valence-electron chi connectivity index (χ1n) is 16.7. The number of anilines is 4. The van der Waals surface area contributed by atoms with E-state index in [0.29, 0.717) is 58.0 Å². The molecule has 53 heavy (non-hydrogen) atoms. The van der Waals surface area contributed by atoms with E-state index in [2.05, 4.69) is 10.3 Å². The van der Waals surface area contributed by atoms with Gasteiger partial charge in [0.05, 0.1) is 23.3 Å². The van der Waals surface area contributed by atoms with Gasteiger partial charge in [-0.25, -0.2) is 28.3 Å². The zero-order valence-corrected chi connectivity index (χ0v) is 29.3. The van der Waals surface area contributed by atoms with E-state index in [1.165, 1.54) is 26.0 Å². The quantitative estimate of drug-likeness (QED) is 0.173. The molecule has 1 fully saturated rings. The molecule has 2 aliphatic rings. The maximum atomic E-state index is 15.3. The average Bonchev–Trinajstić information content (AvgIpc) is 3.43. The number of aromatic nitrogens is 4. The van der Waals surface area contributed by atoms with Gasteiger partial charge in [0.25, 0.3) is 0 Å². The lowest BCUT2D eigenvalue weighted by Crippen LogP contribution is -2.45. The number of nitrogens with one attached hydrogen (secondary N) is 2. The van der Waals surface area contributed by atoms with Crippen molar-refractivity contribution in [1.82, 2.24) is 24.8 Å². The Kier molecular flexibility index (Phi) is 9.12. The lowest BCUT2D eigenvalue weighted by Gasteiger charge is -2.35. The monoisotopic (exact) mass is 754 g/mol. The third kappa shape index (κ3) is 6.44. The summed E-state index contributed by atoms with van der Waals surface area (Å²) in [6.07, 6.45) is -4.22. The predicted octanol–water partition coefficient (Wildman–Crippen LogP) is 7.53. The van der Waals surface area contributed by atoms with Crippen molar-refractivity contribution in [2.24, 2.45) is 0 Å². The van der Waals surface area contributed by atoms with Crippen LogP contribution >= 0.6 is 11.6 Å². The molecule has 276 valence electrons. The summed E-state index contributed by atoms with van der Waals surface area (Å²) in [5.74, 6) is -4.15. The molecule has 3 aromatic carbocycles. The Morgan fingerprint density at radius 3 is 2.36 bits per heavy atom. The molecular weight excluding hydrogens is 723 g/mol. The molecule has 0 atom stereocenters. The molecule has 2 aromatic heterocycles. The van der Waals surface area contributed by atoms with Crippen LogP contribution in [0.3, 0.4) is 0 Å². The van der Waals surface area contributed by atoms with E-state index in [0.717, 1.165) is 23.1 Å². The number of nitrogens with zero attached hydrogens (tertiary/aromatic N) is 6. The number of hydrogen-bond acceptors (Lipinski definition) is 6. The molecule has 17 heteroatoms. The molecule has 3 amide bonds. The van der Waals surface area contributed by atoms with Crippen molar-refractivity contribution in [1.29, 1.82) is 0 Å². The highest BCUT2D eigenvalue weighted by atomic mass is 35.5. The SMILES string of the molecule is Cc1ccc(N(C(=O)C(F)(F)F)C(C)C)cc1-c1nc(N2CCC(n3c(=O)[nH]c4cc(Cl)ccc43)CC2)nc2c1CNC(=O)N2c1c(F)cccc1F. The van der Waals surface area contributed by atoms with Crippen LogP contribution in [-0.2, 0) is 11.3 Å². The van der Waals surface area contributed by atoms with Crippen molar-refractivity contribution in [3.05, 3.63) is 92.9 Å². The molecule has 0 saturated carbocycles. The fraction of sp³-hybridized carbons (Fsp3) is 0.306. The third-order valence-corrected chi connectivity index (χ3v) is 9.72. The number of rotatable bonds is 6. The molecule has 5 aromatic rings. The second-order valence-electron chi connectivity index (χ2n) is 13.2. The van der Waals surface area contributed by atoms with E-state index in [-0.39, 0.29) is 47.0 Å². The van der Waals surface area contributed by atoms with Crippen molar-refractivity contribution < 1.29 is 31.5 Å². The minimum absolute atomic E-state index is 0.0556. The Hall–Kier alpha value is -5.51. The van der Waals surface area contributed by atoms with Crippen molar-refractivity contribution in [3.63, 3.8) is 0 Å². The van der Waals surface area contributed by atoms with Crippen LogP contribution < -0.4 is 25.7 Å². The van der Waals surface area contributed by atoms with Crippen molar-refractivity contribution in [3.8, 4) is 11.3 Å². The van der Waals surface area contributed by atoms with Gasteiger partial charge in [-0.3, -0.25) is 9.36 Å². The first-order chi connectivity index (χ1) is 25.1. The zero-order valence-electron chi connectivity index (χ0n) is 28.6. The number of H-pyrrole nitrogens is 1. The second kappa shape index (κ2) is 13.5. The van der Waals surface area contributed by atoms with Crippen LogP contribution in [0.15, 0.2) is 59.4 Å². The van der Waals surface area contributed by atoms with E-state index in [4.69, 9.17) is 21.6 Å². The van der Waals surface area contributed by atoms with Crippen LogP contribution in [0, 0.1) is 18.6 Å². The predicted molar refractivity (Wildman–Crippen MR) is 190 cm³/mol. The number of para-hydroxylation sites is 1. The molecule has 11 nitrogen and oxygen atoms in total. The van der Waals surface area contributed by atoms with Crippen LogP contribution in [0.1, 0.15) is 43.9 Å². The Bertz CT molecular complexity index is 2310. The van der Waals surface area contributed by atoms with Crippen LogP contribution in [0.5, 0.6) is 0 Å². The van der Waals surface area contributed by atoms with E-state index < -0.39 is 41.5 Å². The standard InChI is InChI=1S/C36H32ClF5N8O3/c1-18(2)48(32(51)36(40,41)42)22-9-7-19(3)23(16-22)29-24-17-43-34(52)50(30-25(38)5-4-6-26(30)39)31(24)46-33(45-29)47-13-11-21(12-14-47)49-28-10-8-20(37)15-27(28)44-35(49)53/h4-10,15-16,18,21H,11-14,17H2,1-3H3,(H,43,52)(H,44,53). The van der Waals surface area contributed by atoms with E-state index in [1.54, 1.807) is 35.8 Å². The first kappa shape index (κ1) is 35.9. The Labute approximate surface area is 304 Å². The molecule has 0 spiro atoms. The molecule has 0 radical (unpaired) electrons. The minimum Gasteiger partial charge on any atom is -0.341 e. The van der Waals surface area contributed by atoms with Gasteiger partial charge in [-0.1, -0.05) is 23.7 Å². The molecule has 0 bridgehead atoms. The Balaban J connectivity index is 1.35. The number of benzene rings is 3. The van der Waals surface area contributed by atoms with Gasteiger partial charge in [0, 0.05) is 47.0 Å². The summed E-state index contributed by atoms with van der Waals surface area (Å²) in [6, 6.07) is 10.7. The van der Waals surface area contributed by atoms with E-state index in [9.17, 15) is 27.6 Å². The summed E-state index contributed by atoms with van der Waals surface area (Å²) in [6.45, 7) is 5.09. The normalized spacial score (nSPS) is 15.2. The second-order valence-corrected chi connectivity index (χ2v) is 13.6. The lowest BCUT2D eigenvalue weighted by molar-refractivity contribution is -0.170. The maximum absolute atomic E-state index is 15.3. The first-order valence-corrected chi connectivity index (χ1v) is 17.1. The summed E-state index contributed by atoms with van der Waals surface area (Å²) >= 11 is 6.13. The van der Waals surface area contributed by atoms with Crippen molar-refractivity contribution in [2.45, 2.75) is 58.4 Å². The largest absolute Gasteiger partial charge is 0.471 e. The minimum atomic E-state index is -5.15. The van der Waals surface area contributed by atoms with Crippen LogP contribution in [0.4, 0.5) is 49.9 Å². The highest BCUT2D eigenvalue weighted by molar-refractivity contribution is 6.31. The van der Waals surface area contributed by atoms with Gasteiger partial charge in [0.2, 0.25) is 5.95 Å². The fourth-order valence-corrected chi connectivity index (χ4v) is 7.19.